The van der Waals surface area contributed by atoms with E-state index in [1.165, 1.54) is 0 Å². The molecular formula is C3H10N2O4P+. The van der Waals surface area contributed by atoms with Crippen molar-refractivity contribution in [1.82, 2.24) is 0 Å². The fourth-order valence-electron chi connectivity index (χ4n) is 0.0735. The molecule has 0 saturated heterocycles. The maximum Gasteiger partial charge on any atom is 0.544 e. The summed E-state index contributed by atoms with van der Waals surface area (Å²) in [4.78, 5) is 18.7. The SMILES string of the molecule is CC[NH3+].NC(=O)O[P+](=O)[O-]. The van der Waals surface area contributed by atoms with Gasteiger partial charge >= 0.3 is 14.3 Å². The minimum Gasteiger partial charge on any atom is -0.558 e. The first kappa shape index (κ1) is 12.0. The number of rotatable bonds is 1. The molecule has 7 heteroatoms. The third-order valence-corrected chi connectivity index (χ3v) is 0.494. The zero-order valence-corrected chi connectivity index (χ0v) is 6.47. The topological polar surface area (TPSA) is 120 Å². The summed E-state index contributed by atoms with van der Waals surface area (Å²) in [6.45, 7) is 3.01. The summed E-state index contributed by atoms with van der Waals surface area (Å²) in [5.74, 6) is 0. The first-order chi connectivity index (χ1) is 4.54. The van der Waals surface area contributed by atoms with E-state index < -0.39 is 14.3 Å². The Balaban J connectivity index is 0. The van der Waals surface area contributed by atoms with Gasteiger partial charge in [-0.05, 0) is 11.5 Å². The van der Waals surface area contributed by atoms with Crippen molar-refractivity contribution in [2.75, 3.05) is 6.54 Å². The van der Waals surface area contributed by atoms with Gasteiger partial charge in [0.15, 0.2) is 0 Å². The maximum atomic E-state index is 9.43. The molecule has 1 amide bonds. The Kier molecular flexibility index (Phi) is 9.96. The molecule has 0 rings (SSSR count). The summed E-state index contributed by atoms with van der Waals surface area (Å²) in [5.41, 5.74) is 7.73. The highest BCUT2D eigenvalue weighted by Gasteiger charge is 2.04. The number of hydrogen-bond acceptors (Lipinski definition) is 4. The predicted molar refractivity (Wildman–Crippen MR) is 31.7 cm³/mol. The largest absolute Gasteiger partial charge is 0.558 e. The molecule has 10 heavy (non-hydrogen) atoms. The van der Waals surface area contributed by atoms with Gasteiger partial charge in [-0.2, -0.15) is 4.52 Å². The quantitative estimate of drug-likeness (QED) is 0.456. The summed E-state index contributed by atoms with van der Waals surface area (Å²) >= 11 is 0. The molecule has 0 aliphatic rings. The Morgan fingerprint density at radius 3 is 2.20 bits per heavy atom. The van der Waals surface area contributed by atoms with Crippen LogP contribution in [-0.4, -0.2) is 12.6 Å². The van der Waals surface area contributed by atoms with E-state index in [1.54, 1.807) is 0 Å². The molecule has 0 aromatic rings. The molecule has 0 aromatic carbocycles. The van der Waals surface area contributed by atoms with Gasteiger partial charge in [0.1, 0.15) is 0 Å². The van der Waals surface area contributed by atoms with Crippen molar-refractivity contribution in [2.45, 2.75) is 6.92 Å². The first-order valence-corrected chi connectivity index (χ1v) is 3.55. The molecule has 0 radical (unpaired) electrons. The molecule has 0 fully saturated rings. The number of primary amides is 1. The summed E-state index contributed by atoms with van der Waals surface area (Å²) in [6.07, 6.45) is -1.31. The summed E-state index contributed by atoms with van der Waals surface area (Å²) < 4.78 is 12.7. The van der Waals surface area contributed by atoms with Crippen molar-refractivity contribution >= 4 is 14.3 Å². The molecular weight excluding hydrogens is 159 g/mol. The van der Waals surface area contributed by atoms with Crippen molar-refractivity contribution in [1.29, 1.82) is 0 Å². The van der Waals surface area contributed by atoms with Crippen LogP contribution in [0.15, 0.2) is 0 Å². The average molecular weight is 169 g/mol. The van der Waals surface area contributed by atoms with E-state index in [-0.39, 0.29) is 0 Å². The molecule has 0 spiro atoms. The van der Waals surface area contributed by atoms with Crippen molar-refractivity contribution in [2.24, 2.45) is 5.73 Å². The van der Waals surface area contributed by atoms with Crippen LogP contribution in [-0.2, 0) is 9.09 Å². The molecule has 5 N–H and O–H groups in total. The lowest BCUT2D eigenvalue weighted by atomic mass is 10.8. The highest BCUT2D eigenvalue weighted by Crippen LogP contribution is 2.06. The van der Waals surface area contributed by atoms with E-state index in [4.69, 9.17) is 0 Å². The monoisotopic (exact) mass is 169 g/mol. The smallest absolute Gasteiger partial charge is 0.544 e. The van der Waals surface area contributed by atoms with Crippen LogP contribution >= 0.6 is 8.25 Å². The first-order valence-electron chi connectivity index (χ1n) is 2.45. The normalized spacial score (nSPS) is 8.90. The van der Waals surface area contributed by atoms with E-state index in [1.807, 2.05) is 6.92 Å². The fourth-order valence-corrected chi connectivity index (χ4v) is 0.220. The Morgan fingerprint density at radius 1 is 1.90 bits per heavy atom. The fraction of sp³-hybridized carbons (Fsp3) is 0.667. The average Bonchev–Trinajstić information content (AvgIpc) is 1.62. The summed E-state index contributed by atoms with van der Waals surface area (Å²) in [6, 6.07) is 0. The van der Waals surface area contributed by atoms with Gasteiger partial charge in [0.25, 0.3) is 0 Å². The van der Waals surface area contributed by atoms with Crippen LogP contribution in [0.25, 0.3) is 0 Å². The van der Waals surface area contributed by atoms with Crippen LogP contribution in [0, 0.1) is 0 Å². The van der Waals surface area contributed by atoms with Gasteiger partial charge in [-0.1, -0.05) is 0 Å². The van der Waals surface area contributed by atoms with E-state index in [0.717, 1.165) is 6.54 Å². The minimum atomic E-state index is -3.11. The van der Waals surface area contributed by atoms with Crippen LogP contribution in [0.4, 0.5) is 4.79 Å². The molecule has 0 aromatic heterocycles. The molecule has 0 aliphatic carbocycles. The Bertz CT molecular complexity index is 105. The van der Waals surface area contributed by atoms with Gasteiger partial charge in [0, 0.05) is 0 Å². The van der Waals surface area contributed by atoms with Crippen molar-refractivity contribution in [3.63, 3.8) is 0 Å². The van der Waals surface area contributed by atoms with Gasteiger partial charge in [0.05, 0.1) is 6.54 Å². The van der Waals surface area contributed by atoms with Gasteiger partial charge in [-0.3, -0.25) is 0 Å². The van der Waals surface area contributed by atoms with E-state index >= 15 is 0 Å². The van der Waals surface area contributed by atoms with Crippen molar-refractivity contribution < 1.29 is 24.5 Å². The maximum absolute atomic E-state index is 9.43. The zero-order chi connectivity index (χ0) is 8.57. The van der Waals surface area contributed by atoms with Crippen LogP contribution in [0.5, 0.6) is 0 Å². The molecule has 60 valence electrons. The summed E-state index contributed by atoms with van der Waals surface area (Å²) in [5, 5.41) is 0. The molecule has 1 unspecified atom stereocenters. The standard InChI is InChI=1S/C2H7N.CH2NO4P/c1-2-3;2-1(3)6-7(4)5/h2-3H2,1H3;(H2,2,3)/p+1. The van der Waals surface area contributed by atoms with Crippen molar-refractivity contribution in [3.05, 3.63) is 0 Å². The predicted octanol–water partition coefficient (Wildman–Crippen LogP) is -1.65. The van der Waals surface area contributed by atoms with Crippen LogP contribution < -0.4 is 16.4 Å². The Morgan fingerprint density at radius 2 is 2.20 bits per heavy atom. The number of hydrogen-bond donors (Lipinski definition) is 2. The molecule has 6 nitrogen and oxygen atoms in total. The second kappa shape index (κ2) is 8.29. The second-order valence-corrected chi connectivity index (χ2v) is 1.76. The van der Waals surface area contributed by atoms with Crippen LogP contribution in [0.3, 0.4) is 0 Å². The van der Waals surface area contributed by atoms with Gasteiger partial charge in [-0.25, -0.2) is 4.79 Å². The third kappa shape index (κ3) is 26.6. The third-order valence-electron chi connectivity index (χ3n) is 0.165. The highest BCUT2D eigenvalue weighted by atomic mass is 31.1. The van der Waals surface area contributed by atoms with Gasteiger partial charge < -0.3 is 16.4 Å². The summed E-state index contributed by atoms with van der Waals surface area (Å²) in [7, 11) is -3.11. The Labute approximate surface area is 59.1 Å². The number of nitrogens with two attached hydrogens (primary N) is 1. The Hall–Kier alpha value is -0.710. The number of carbonyl (C=O) groups is 1. The van der Waals surface area contributed by atoms with E-state index in [9.17, 15) is 14.3 Å². The minimum absolute atomic E-state index is 1.00. The van der Waals surface area contributed by atoms with Gasteiger partial charge in [0.2, 0.25) is 0 Å². The van der Waals surface area contributed by atoms with Crippen molar-refractivity contribution in [3.8, 4) is 0 Å². The second-order valence-electron chi connectivity index (χ2n) is 1.13. The molecule has 0 heterocycles. The zero-order valence-electron chi connectivity index (χ0n) is 5.57. The number of carbonyl (C=O) groups excluding carboxylic acids is 1. The molecule has 0 bridgehead atoms. The lowest BCUT2D eigenvalue weighted by molar-refractivity contribution is -0.361. The van der Waals surface area contributed by atoms with E-state index in [0.29, 0.717) is 0 Å². The van der Waals surface area contributed by atoms with E-state index in [2.05, 4.69) is 16.0 Å². The molecule has 1 atom stereocenters. The highest BCUT2D eigenvalue weighted by molar-refractivity contribution is 7.31. The lowest BCUT2D eigenvalue weighted by Crippen LogP contribution is -2.48. The van der Waals surface area contributed by atoms with Gasteiger partial charge in [-0.15, -0.1) is 0 Å². The van der Waals surface area contributed by atoms with Crippen LogP contribution in [0.1, 0.15) is 6.92 Å². The number of quaternary nitrogens is 1. The lowest BCUT2D eigenvalue weighted by Gasteiger charge is -1.79. The number of amides is 1. The van der Waals surface area contributed by atoms with Crippen LogP contribution in [0.2, 0.25) is 0 Å². The molecule has 0 saturated carbocycles. The molecule has 0 aliphatic heterocycles.